The maximum absolute atomic E-state index is 12.5. The maximum atomic E-state index is 12.5. The average molecular weight is 323 g/mol. The Hall–Kier alpha value is -1.27. The number of amides is 1. The van der Waals surface area contributed by atoms with E-state index in [1.807, 2.05) is 0 Å². The van der Waals surface area contributed by atoms with Crippen LogP contribution in [-0.2, 0) is 11.2 Å². The lowest BCUT2D eigenvalue weighted by Crippen LogP contribution is -2.27. The quantitative estimate of drug-likeness (QED) is 0.893. The minimum atomic E-state index is -4.28. The van der Waals surface area contributed by atoms with Crippen LogP contribution in [0.25, 0.3) is 0 Å². The lowest BCUT2D eigenvalue weighted by molar-refractivity contribution is -0.127. The van der Waals surface area contributed by atoms with Gasteiger partial charge in [-0.05, 0) is 31.0 Å². The molecule has 1 heterocycles. The Morgan fingerprint density at radius 3 is 2.67 bits per heavy atom. The monoisotopic (exact) mass is 322 g/mol. The fourth-order valence-corrected chi connectivity index (χ4v) is 2.37. The number of carbonyl (C=O) groups is 1. The second-order valence-corrected chi connectivity index (χ2v) is 4.99. The van der Waals surface area contributed by atoms with E-state index in [1.165, 1.54) is 18.2 Å². The van der Waals surface area contributed by atoms with E-state index in [0.717, 1.165) is 19.4 Å². The van der Waals surface area contributed by atoms with Crippen molar-refractivity contribution in [2.45, 2.75) is 37.9 Å². The first-order valence-electron chi connectivity index (χ1n) is 6.62. The molecule has 0 aromatic heterocycles. The largest absolute Gasteiger partial charge is 0.393 e. The predicted molar refractivity (Wildman–Crippen MR) is 77.7 cm³/mol. The zero-order chi connectivity index (χ0) is 14.6. The van der Waals surface area contributed by atoms with Crippen molar-refractivity contribution in [3.8, 4) is 0 Å². The summed E-state index contributed by atoms with van der Waals surface area (Å²) in [7, 11) is 0. The Bertz CT molecular complexity index is 474. The van der Waals surface area contributed by atoms with Gasteiger partial charge in [-0.1, -0.05) is 18.2 Å². The summed E-state index contributed by atoms with van der Waals surface area (Å²) < 4.78 is 37.4. The molecule has 1 saturated heterocycles. The number of nitrogens with one attached hydrogen (secondary N) is 2. The third-order valence-electron chi connectivity index (χ3n) is 3.28. The topological polar surface area (TPSA) is 41.1 Å². The molecule has 1 aromatic carbocycles. The van der Waals surface area contributed by atoms with Crippen molar-refractivity contribution >= 4 is 24.0 Å². The van der Waals surface area contributed by atoms with Gasteiger partial charge in [-0.3, -0.25) is 4.79 Å². The first-order chi connectivity index (χ1) is 9.44. The molecular weight excluding hydrogens is 305 g/mol. The Kier molecular flexibility index (Phi) is 6.48. The van der Waals surface area contributed by atoms with Gasteiger partial charge < -0.3 is 10.6 Å². The van der Waals surface area contributed by atoms with Crippen LogP contribution < -0.4 is 10.6 Å². The van der Waals surface area contributed by atoms with Crippen LogP contribution >= 0.6 is 12.4 Å². The van der Waals surface area contributed by atoms with Crippen molar-refractivity contribution in [1.82, 2.24) is 5.32 Å². The molecule has 0 aliphatic carbocycles. The van der Waals surface area contributed by atoms with Gasteiger partial charge >= 0.3 is 6.18 Å². The Morgan fingerprint density at radius 1 is 1.33 bits per heavy atom. The molecule has 1 fully saturated rings. The van der Waals surface area contributed by atoms with Crippen molar-refractivity contribution in [2.24, 2.45) is 0 Å². The molecular formula is C14H18ClF3N2O. The molecule has 21 heavy (non-hydrogen) atoms. The molecule has 1 amide bonds. The minimum absolute atomic E-state index is 0. The fraction of sp³-hybridized carbons (Fsp3) is 0.500. The first kappa shape index (κ1) is 17.8. The highest BCUT2D eigenvalue weighted by atomic mass is 35.5. The minimum Gasteiger partial charge on any atom is -0.326 e. The molecule has 118 valence electrons. The summed E-state index contributed by atoms with van der Waals surface area (Å²) in [6.07, 6.45) is -3.07. The smallest absolute Gasteiger partial charge is 0.326 e. The van der Waals surface area contributed by atoms with Crippen LogP contribution in [0.1, 0.15) is 24.8 Å². The first-order valence-corrected chi connectivity index (χ1v) is 6.62. The van der Waals surface area contributed by atoms with Crippen molar-refractivity contribution in [3.05, 3.63) is 29.8 Å². The van der Waals surface area contributed by atoms with Crippen LogP contribution in [0.15, 0.2) is 24.3 Å². The summed E-state index contributed by atoms with van der Waals surface area (Å²) in [5.41, 5.74) is 0.334. The van der Waals surface area contributed by atoms with Gasteiger partial charge in [0.1, 0.15) is 0 Å². The van der Waals surface area contributed by atoms with Crippen LogP contribution in [0.5, 0.6) is 0 Å². The maximum Gasteiger partial charge on any atom is 0.393 e. The molecule has 7 heteroatoms. The Morgan fingerprint density at radius 2 is 2.05 bits per heavy atom. The van der Waals surface area contributed by atoms with E-state index in [9.17, 15) is 18.0 Å². The third-order valence-corrected chi connectivity index (χ3v) is 3.28. The van der Waals surface area contributed by atoms with E-state index in [-0.39, 0.29) is 35.6 Å². The fourth-order valence-electron chi connectivity index (χ4n) is 2.37. The standard InChI is InChI=1S/C14H17F3N2O.ClH/c15-14(16,17)9-10-4-1-2-6-12(10)19-13(20)8-11-5-3-7-18-11;/h1-2,4,6,11,18H,3,5,7-9H2,(H,19,20);1H. The second kappa shape index (κ2) is 7.66. The van der Waals surface area contributed by atoms with E-state index >= 15 is 0 Å². The molecule has 2 rings (SSSR count). The molecule has 0 saturated carbocycles. The summed E-state index contributed by atoms with van der Waals surface area (Å²) in [6, 6.07) is 6.17. The van der Waals surface area contributed by atoms with Gasteiger partial charge in [0.15, 0.2) is 0 Å². The van der Waals surface area contributed by atoms with Gasteiger partial charge in [-0.15, -0.1) is 12.4 Å². The van der Waals surface area contributed by atoms with Gasteiger partial charge in [-0.25, -0.2) is 0 Å². The molecule has 0 spiro atoms. The predicted octanol–water partition coefficient (Wildman–Crippen LogP) is 3.29. The molecule has 1 aromatic rings. The van der Waals surface area contributed by atoms with Crippen molar-refractivity contribution in [2.75, 3.05) is 11.9 Å². The summed E-state index contributed by atoms with van der Waals surface area (Å²) in [5.74, 6) is -0.251. The SMILES string of the molecule is Cl.O=C(CC1CCCN1)Nc1ccccc1CC(F)(F)F. The van der Waals surface area contributed by atoms with Gasteiger partial charge in [-0.2, -0.15) is 13.2 Å². The number of para-hydroxylation sites is 1. The van der Waals surface area contributed by atoms with Crippen LogP contribution in [0, 0.1) is 0 Å². The van der Waals surface area contributed by atoms with Gasteiger partial charge in [0, 0.05) is 18.2 Å². The third kappa shape index (κ3) is 5.93. The van der Waals surface area contributed by atoms with Crippen LogP contribution in [0.2, 0.25) is 0 Å². The molecule has 1 aliphatic rings. The molecule has 0 bridgehead atoms. The highest BCUT2D eigenvalue weighted by Crippen LogP contribution is 2.26. The zero-order valence-electron chi connectivity index (χ0n) is 11.4. The Balaban J connectivity index is 0.00000220. The number of hydrogen-bond donors (Lipinski definition) is 2. The number of anilines is 1. The highest BCUT2D eigenvalue weighted by Gasteiger charge is 2.29. The van der Waals surface area contributed by atoms with Crippen LogP contribution in [-0.4, -0.2) is 24.7 Å². The molecule has 1 unspecified atom stereocenters. The lowest BCUT2D eigenvalue weighted by Gasteiger charge is -2.14. The number of hydrogen-bond acceptors (Lipinski definition) is 2. The van der Waals surface area contributed by atoms with Crippen molar-refractivity contribution in [1.29, 1.82) is 0 Å². The number of halogens is 4. The van der Waals surface area contributed by atoms with E-state index in [1.54, 1.807) is 6.07 Å². The normalized spacial score (nSPS) is 18.1. The highest BCUT2D eigenvalue weighted by molar-refractivity contribution is 5.91. The van der Waals surface area contributed by atoms with Crippen LogP contribution in [0.3, 0.4) is 0 Å². The molecule has 2 N–H and O–H groups in total. The van der Waals surface area contributed by atoms with Gasteiger partial charge in [0.05, 0.1) is 6.42 Å². The number of benzene rings is 1. The van der Waals surface area contributed by atoms with E-state index in [2.05, 4.69) is 10.6 Å². The lowest BCUT2D eigenvalue weighted by atomic mass is 10.1. The summed E-state index contributed by atoms with van der Waals surface area (Å²) in [4.78, 5) is 11.9. The van der Waals surface area contributed by atoms with E-state index in [4.69, 9.17) is 0 Å². The van der Waals surface area contributed by atoms with Crippen molar-refractivity contribution < 1.29 is 18.0 Å². The molecule has 1 aliphatic heterocycles. The summed E-state index contributed by atoms with van der Waals surface area (Å²) >= 11 is 0. The molecule has 0 radical (unpaired) electrons. The summed E-state index contributed by atoms with van der Waals surface area (Å²) in [6.45, 7) is 0.891. The van der Waals surface area contributed by atoms with Crippen molar-refractivity contribution in [3.63, 3.8) is 0 Å². The van der Waals surface area contributed by atoms with Crippen LogP contribution in [0.4, 0.5) is 18.9 Å². The number of carbonyl (C=O) groups excluding carboxylic acids is 1. The Labute approximate surface area is 127 Å². The van der Waals surface area contributed by atoms with Gasteiger partial charge in [0.2, 0.25) is 5.91 Å². The van der Waals surface area contributed by atoms with Gasteiger partial charge in [0.25, 0.3) is 0 Å². The second-order valence-electron chi connectivity index (χ2n) is 4.99. The zero-order valence-corrected chi connectivity index (χ0v) is 12.2. The van der Waals surface area contributed by atoms with E-state index in [0.29, 0.717) is 6.42 Å². The number of alkyl halides is 3. The number of rotatable bonds is 4. The average Bonchev–Trinajstić information content (AvgIpc) is 2.82. The molecule has 1 atom stereocenters. The molecule has 3 nitrogen and oxygen atoms in total. The van der Waals surface area contributed by atoms with E-state index < -0.39 is 12.6 Å². The summed E-state index contributed by atoms with van der Waals surface area (Å²) in [5, 5.41) is 5.77.